The number of nitrogens with zero attached hydrogens (tertiary/aromatic N) is 2. The molecule has 0 saturated carbocycles. The zero-order valence-corrected chi connectivity index (χ0v) is 15.0. The quantitative estimate of drug-likeness (QED) is 0.899. The maximum absolute atomic E-state index is 12.6. The second-order valence-corrected chi connectivity index (χ2v) is 6.62. The number of piperazine rings is 1. The Bertz CT molecular complexity index is 778. The first-order valence-electron chi connectivity index (χ1n) is 8.99. The van der Waals surface area contributed by atoms with Crippen LogP contribution in [0, 0.1) is 0 Å². The summed E-state index contributed by atoms with van der Waals surface area (Å²) in [5.41, 5.74) is 3.27. The highest BCUT2D eigenvalue weighted by Gasteiger charge is 2.22. The van der Waals surface area contributed by atoms with Crippen molar-refractivity contribution < 1.29 is 14.7 Å². The van der Waals surface area contributed by atoms with Gasteiger partial charge in [-0.2, -0.15) is 0 Å². The minimum Gasteiger partial charge on any atom is -0.478 e. The SMILES string of the molecule is CCc1ccc(C(=O)N2CCN(Cc3cccc(C(=O)O)c3)CC2)cc1. The Hall–Kier alpha value is -2.66. The first-order valence-corrected chi connectivity index (χ1v) is 8.99. The molecular formula is C21H24N2O3. The topological polar surface area (TPSA) is 60.9 Å². The van der Waals surface area contributed by atoms with E-state index in [1.807, 2.05) is 35.2 Å². The Kier molecular flexibility index (Phi) is 5.68. The van der Waals surface area contributed by atoms with Gasteiger partial charge in [0.05, 0.1) is 5.56 Å². The lowest BCUT2D eigenvalue weighted by atomic mass is 10.1. The molecule has 136 valence electrons. The number of carbonyl (C=O) groups excluding carboxylic acids is 1. The van der Waals surface area contributed by atoms with Gasteiger partial charge < -0.3 is 10.0 Å². The fraction of sp³-hybridized carbons (Fsp3) is 0.333. The number of carboxylic acid groups (broad SMARTS) is 1. The van der Waals surface area contributed by atoms with Gasteiger partial charge >= 0.3 is 5.97 Å². The molecule has 1 N–H and O–H groups in total. The summed E-state index contributed by atoms with van der Waals surface area (Å²) in [6, 6.07) is 14.9. The number of amides is 1. The Morgan fingerprint density at radius 2 is 1.62 bits per heavy atom. The Labute approximate surface area is 153 Å². The Morgan fingerprint density at radius 3 is 2.23 bits per heavy atom. The van der Waals surface area contributed by atoms with Gasteiger partial charge in [-0.15, -0.1) is 0 Å². The molecule has 0 atom stereocenters. The molecule has 5 heteroatoms. The van der Waals surface area contributed by atoms with Crippen molar-refractivity contribution in [2.45, 2.75) is 19.9 Å². The van der Waals surface area contributed by atoms with Gasteiger partial charge in [-0.3, -0.25) is 9.69 Å². The first kappa shape index (κ1) is 18.1. The minimum absolute atomic E-state index is 0.0835. The smallest absolute Gasteiger partial charge is 0.335 e. The van der Waals surface area contributed by atoms with E-state index < -0.39 is 5.97 Å². The van der Waals surface area contributed by atoms with Crippen molar-refractivity contribution in [3.63, 3.8) is 0 Å². The molecule has 3 rings (SSSR count). The van der Waals surface area contributed by atoms with Gasteiger partial charge in [0.15, 0.2) is 0 Å². The van der Waals surface area contributed by atoms with E-state index in [0.717, 1.165) is 30.6 Å². The van der Waals surface area contributed by atoms with E-state index in [-0.39, 0.29) is 5.91 Å². The summed E-state index contributed by atoms with van der Waals surface area (Å²) < 4.78 is 0. The van der Waals surface area contributed by atoms with Gasteiger partial charge in [-0.05, 0) is 41.8 Å². The summed E-state index contributed by atoms with van der Waals surface area (Å²) in [6.07, 6.45) is 0.968. The number of benzene rings is 2. The third kappa shape index (κ3) is 4.29. The maximum atomic E-state index is 12.6. The lowest BCUT2D eigenvalue weighted by Gasteiger charge is -2.34. The molecule has 2 aromatic rings. The number of aromatic carboxylic acids is 1. The molecule has 0 spiro atoms. The van der Waals surface area contributed by atoms with Gasteiger partial charge in [0.1, 0.15) is 0 Å². The zero-order chi connectivity index (χ0) is 18.5. The molecule has 0 radical (unpaired) electrons. The van der Waals surface area contributed by atoms with Crippen LogP contribution >= 0.6 is 0 Å². The van der Waals surface area contributed by atoms with E-state index in [2.05, 4.69) is 11.8 Å². The molecule has 0 aromatic heterocycles. The highest BCUT2D eigenvalue weighted by Crippen LogP contribution is 2.14. The first-order chi connectivity index (χ1) is 12.6. The summed E-state index contributed by atoms with van der Waals surface area (Å²) in [4.78, 5) is 27.9. The third-order valence-electron chi connectivity index (χ3n) is 4.85. The third-order valence-corrected chi connectivity index (χ3v) is 4.85. The second-order valence-electron chi connectivity index (χ2n) is 6.62. The maximum Gasteiger partial charge on any atom is 0.335 e. The number of hydrogen-bond acceptors (Lipinski definition) is 3. The number of hydrogen-bond donors (Lipinski definition) is 1. The molecule has 26 heavy (non-hydrogen) atoms. The van der Waals surface area contributed by atoms with Crippen molar-refractivity contribution >= 4 is 11.9 Å². The standard InChI is InChI=1S/C21H24N2O3/c1-2-16-6-8-18(9-7-16)20(24)23-12-10-22(11-13-23)15-17-4-3-5-19(14-17)21(25)26/h3-9,14H,2,10-13,15H2,1H3,(H,25,26). The predicted octanol–water partition coefficient (Wildman–Crippen LogP) is 2.91. The van der Waals surface area contributed by atoms with Crippen molar-refractivity contribution in [3.8, 4) is 0 Å². The highest BCUT2D eigenvalue weighted by atomic mass is 16.4. The molecule has 1 fully saturated rings. The number of aryl methyl sites for hydroxylation is 1. The van der Waals surface area contributed by atoms with E-state index in [0.29, 0.717) is 25.2 Å². The molecule has 1 saturated heterocycles. The van der Waals surface area contributed by atoms with Gasteiger partial charge in [-0.1, -0.05) is 31.2 Å². The number of rotatable bonds is 5. The van der Waals surface area contributed by atoms with Crippen LogP contribution in [0.2, 0.25) is 0 Å². The van der Waals surface area contributed by atoms with Crippen molar-refractivity contribution in [1.29, 1.82) is 0 Å². The predicted molar refractivity (Wildman–Crippen MR) is 100 cm³/mol. The van der Waals surface area contributed by atoms with Crippen LogP contribution in [-0.4, -0.2) is 53.0 Å². The van der Waals surface area contributed by atoms with E-state index in [4.69, 9.17) is 5.11 Å². The summed E-state index contributed by atoms with van der Waals surface area (Å²) in [5, 5.41) is 9.09. The summed E-state index contributed by atoms with van der Waals surface area (Å²) >= 11 is 0. The monoisotopic (exact) mass is 352 g/mol. The molecule has 1 aliphatic heterocycles. The molecular weight excluding hydrogens is 328 g/mol. The lowest BCUT2D eigenvalue weighted by molar-refractivity contribution is 0.0626. The van der Waals surface area contributed by atoms with E-state index in [1.54, 1.807) is 18.2 Å². The second kappa shape index (κ2) is 8.15. The Morgan fingerprint density at radius 1 is 0.923 bits per heavy atom. The van der Waals surface area contributed by atoms with Crippen LogP contribution in [0.25, 0.3) is 0 Å². The largest absolute Gasteiger partial charge is 0.478 e. The van der Waals surface area contributed by atoms with Gasteiger partial charge in [0.25, 0.3) is 5.91 Å². The lowest BCUT2D eigenvalue weighted by Crippen LogP contribution is -2.48. The normalized spacial score (nSPS) is 15.0. The van der Waals surface area contributed by atoms with Crippen LogP contribution < -0.4 is 0 Å². The van der Waals surface area contributed by atoms with Crippen LogP contribution in [0.3, 0.4) is 0 Å². The average molecular weight is 352 g/mol. The van der Waals surface area contributed by atoms with Crippen molar-refractivity contribution in [2.75, 3.05) is 26.2 Å². The van der Waals surface area contributed by atoms with E-state index >= 15 is 0 Å². The molecule has 2 aromatic carbocycles. The van der Waals surface area contributed by atoms with Crippen LogP contribution in [0.5, 0.6) is 0 Å². The van der Waals surface area contributed by atoms with Crippen molar-refractivity contribution in [3.05, 3.63) is 70.8 Å². The molecule has 5 nitrogen and oxygen atoms in total. The van der Waals surface area contributed by atoms with Crippen LogP contribution in [-0.2, 0) is 13.0 Å². The Balaban J connectivity index is 1.56. The minimum atomic E-state index is -0.906. The van der Waals surface area contributed by atoms with Gasteiger partial charge in [-0.25, -0.2) is 4.79 Å². The van der Waals surface area contributed by atoms with Crippen LogP contribution in [0.4, 0.5) is 0 Å². The number of carboxylic acids is 1. The molecule has 0 unspecified atom stereocenters. The summed E-state index contributed by atoms with van der Waals surface area (Å²) in [5.74, 6) is -0.823. The zero-order valence-electron chi connectivity index (χ0n) is 15.0. The molecule has 1 heterocycles. The molecule has 0 bridgehead atoms. The van der Waals surface area contributed by atoms with Gasteiger partial charge in [0.2, 0.25) is 0 Å². The van der Waals surface area contributed by atoms with Gasteiger partial charge in [0, 0.05) is 38.3 Å². The average Bonchev–Trinajstić information content (AvgIpc) is 2.68. The fourth-order valence-electron chi connectivity index (χ4n) is 3.24. The van der Waals surface area contributed by atoms with Crippen molar-refractivity contribution in [1.82, 2.24) is 9.80 Å². The number of carbonyl (C=O) groups is 2. The van der Waals surface area contributed by atoms with Crippen molar-refractivity contribution in [2.24, 2.45) is 0 Å². The summed E-state index contributed by atoms with van der Waals surface area (Å²) in [7, 11) is 0. The summed E-state index contributed by atoms with van der Waals surface area (Å²) in [6.45, 7) is 5.75. The molecule has 1 aliphatic rings. The van der Waals surface area contributed by atoms with Crippen LogP contribution in [0.15, 0.2) is 48.5 Å². The van der Waals surface area contributed by atoms with E-state index in [9.17, 15) is 9.59 Å². The van der Waals surface area contributed by atoms with Crippen LogP contribution in [0.1, 0.15) is 38.8 Å². The fourth-order valence-corrected chi connectivity index (χ4v) is 3.24. The molecule has 0 aliphatic carbocycles. The highest BCUT2D eigenvalue weighted by molar-refractivity contribution is 5.94. The van der Waals surface area contributed by atoms with E-state index in [1.165, 1.54) is 5.56 Å². The molecule has 1 amide bonds.